The maximum Gasteiger partial charge on any atom is 0.0309 e. The summed E-state index contributed by atoms with van der Waals surface area (Å²) >= 11 is 0. The van der Waals surface area contributed by atoms with Crippen LogP contribution in [0.2, 0.25) is 0 Å². The molecule has 0 aliphatic heterocycles. The molecule has 0 heterocycles. The van der Waals surface area contributed by atoms with E-state index in [9.17, 15) is 0 Å². The SMILES string of the molecule is CCN(CC)CCC(N)c1ccccc1C. The van der Waals surface area contributed by atoms with E-state index < -0.39 is 0 Å². The van der Waals surface area contributed by atoms with E-state index in [-0.39, 0.29) is 6.04 Å². The van der Waals surface area contributed by atoms with Crippen molar-refractivity contribution in [3.05, 3.63) is 35.4 Å². The van der Waals surface area contributed by atoms with Gasteiger partial charge in [-0.05, 0) is 44.1 Å². The molecule has 1 aromatic rings. The van der Waals surface area contributed by atoms with Gasteiger partial charge in [0.2, 0.25) is 0 Å². The third kappa shape index (κ3) is 3.62. The molecule has 2 N–H and O–H groups in total. The molecular weight excluding hydrogens is 196 g/mol. The van der Waals surface area contributed by atoms with Gasteiger partial charge in [0.15, 0.2) is 0 Å². The zero-order chi connectivity index (χ0) is 12.0. The lowest BCUT2D eigenvalue weighted by Gasteiger charge is -2.21. The molecule has 1 rings (SSSR count). The summed E-state index contributed by atoms with van der Waals surface area (Å²) in [5, 5.41) is 0. The van der Waals surface area contributed by atoms with Crippen LogP contribution in [0.1, 0.15) is 37.4 Å². The molecule has 0 spiro atoms. The summed E-state index contributed by atoms with van der Waals surface area (Å²) in [5.41, 5.74) is 8.81. The van der Waals surface area contributed by atoms with E-state index in [2.05, 4.69) is 49.9 Å². The summed E-state index contributed by atoms with van der Waals surface area (Å²) in [6, 6.07) is 8.58. The zero-order valence-electron chi connectivity index (χ0n) is 10.7. The predicted octanol–water partition coefficient (Wildman–Crippen LogP) is 2.73. The van der Waals surface area contributed by atoms with Crippen LogP contribution < -0.4 is 5.73 Å². The monoisotopic (exact) mass is 220 g/mol. The second-order valence-corrected chi connectivity index (χ2v) is 4.28. The number of benzene rings is 1. The van der Waals surface area contributed by atoms with E-state index in [1.165, 1.54) is 11.1 Å². The molecule has 90 valence electrons. The van der Waals surface area contributed by atoms with Crippen LogP contribution in [0.3, 0.4) is 0 Å². The van der Waals surface area contributed by atoms with E-state index in [0.29, 0.717) is 0 Å². The van der Waals surface area contributed by atoms with Crippen molar-refractivity contribution < 1.29 is 0 Å². The molecule has 0 radical (unpaired) electrons. The molecule has 0 amide bonds. The molecule has 0 saturated carbocycles. The molecule has 2 nitrogen and oxygen atoms in total. The van der Waals surface area contributed by atoms with E-state index in [0.717, 1.165) is 26.1 Å². The molecule has 1 atom stereocenters. The Labute approximate surface area is 99.5 Å². The number of aryl methyl sites for hydroxylation is 1. The van der Waals surface area contributed by atoms with Gasteiger partial charge in [-0.15, -0.1) is 0 Å². The maximum absolute atomic E-state index is 6.23. The molecule has 1 aromatic carbocycles. The standard InChI is InChI=1S/C14H24N2/c1-4-16(5-2)11-10-14(15)13-9-7-6-8-12(13)3/h6-9,14H,4-5,10-11,15H2,1-3H3. The molecule has 0 aliphatic rings. The third-order valence-electron chi connectivity index (χ3n) is 3.24. The van der Waals surface area contributed by atoms with Crippen LogP contribution in [0, 0.1) is 6.92 Å². The smallest absolute Gasteiger partial charge is 0.0309 e. The largest absolute Gasteiger partial charge is 0.324 e. The molecule has 0 aliphatic carbocycles. The molecule has 0 aromatic heterocycles. The van der Waals surface area contributed by atoms with Gasteiger partial charge >= 0.3 is 0 Å². The highest BCUT2D eigenvalue weighted by molar-refractivity contribution is 5.28. The maximum atomic E-state index is 6.23. The average molecular weight is 220 g/mol. The highest BCUT2D eigenvalue weighted by Gasteiger charge is 2.09. The predicted molar refractivity (Wildman–Crippen MR) is 70.5 cm³/mol. The van der Waals surface area contributed by atoms with Gasteiger partial charge in [0.05, 0.1) is 0 Å². The van der Waals surface area contributed by atoms with Gasteiger partial charge in [-0.3, -0.25) is 0 Å². The van der Waals surface area contributed by atoms with Crippen LogP contribution in [-0.4, -0.2) is 24.5 Å². The van der Waals surface area contributed by atoms with Crippen LogP contribution in [0.15, 0.2) is 24.3 Å². The highest BCUT2D eigenvalue weighted by atomic mass is 15.1. The minimum absolute atomic E-state index is 0.168. The Morgan fingerprint density at radius 3 is 2.38 bits per heavy atom. The summed E-state index contributed by atoms with van der Waals surface area (Å²) in [4.78, 5) is 2.41. The van der Waals surface area contributed by atoms with Crippen molar-refractivity contribution in [3.63, 3.8) is 0 Å². The fraction of sp³-hybridized carbons (Fsp3) is 0.571. The van der Waals surface area contributed by atoms with Crippen molar-refractivity contribution in [1.29, 1.82) is 0 Å². The van der Waals surface area contributed by atoms with E-state index >= 15 is 0 Å². The first-order valence-electron chi connectivity index (χ1n) is 6.22. The van der Waals surface area contributed by atoms with Crippen LogP contribution in [0.5, 0.6) is 0 Å². The first-order chi connectivity index (χ1) is 7.69. The summed E-state index contributed by atoms with van der Waals surface area (Å²) in [6.07, 6.45) is 1.03. The van der Waals surface area contributed by atoms with Crippen LogP contribution in [0.4, 0.5) is 0 Å². The first kappa shape index (κ1) is 13.2. The van der Waals surface area contributed by atoms with Crippen molar-refractivity contribution in [1.82, 2.24) is 4.90 Å². The normalized spacial score (nSPS) is 13.1. The molecule has 1 unspecified atom stereocenters. The number of nitrogens with two attached hydrogens (primary N) is 1. The summed E-state index contributed by atoms with van der Waals surface area (Å²) in [7, 11) is 0. The number of nitrogens with zero attached hydrogens (tertiary/aromatic N) is 1. The lowest BCUT2D eigenvalue weighted by molar-refractivity contribution is 0.290. The Hall–Kier alpha value is -0.860. The number of hydrogen-bond acceptors (Lipinski definition) is 2. The van der Waals surface area contributed by atoms with Gasteiger partial charge in [0.25, 0.3) is 0 Å². The van der Waals surface area contributed by atoms with E-state index in [4.69, 9.17) is 5.73 Å². The molecule has 0 bridgehead atoms. The lowest BCUT2D eigenvalue weighted by Crippen LogP contribution is -2.27. The Morgan fingerprint density at radius 2 is 1.81 bits per heavy atom. The molecule has 16 heavy (non-hydrogen) atoms. The number of rotatable bonds is 6. The van der Waals surface area contributed by atoms with Crippen LogP contribution in [0.25, 0.3) is 0 Å². The van der Waals surface area contributed by atoms with Crippen molar-refractivity contribution in [2.45, 2.75) is 33.2 Å². The molecule has 0 saturated heterocycles. The Kier molecular flexibility index (Phi) is 5.50. The topological polar surface area (TPSA) is 29.3 Å². The third-order valence-corrected chi connectivity index (χ3v) is 3.24. The second kappa shape index (κ2) is 6.66. The Balaban J connectivity index is 2.52. The van der Waals surface area contributed by atoms with Crippen LogP contribution >= 0.6 is 0 Å². The van der Waals surface area contributed by atoms with Gasteiger partial charge in [-0.2, -0.15) is 0 Å². The first-order valence-corrected chi connectivity index (χ1v) is 6.22. The van der Waals surface area contributed by atoms with E-state index in [1.54, 1.807) is 0 Å². The Morgan fingerprint density at radius 1 is 1.19 bits per heavy atom. The summed E-state index contributed by atoms with van der Waals surface area (Å²) < 4.78 is 0. The fourth-order valence-electron chi connectivity index (χ4n) is 2.02. The quantitative estimate of drug-likeness (QED) is 0.798. The van der Waals surface area contributed by atoms with Gasteiger partial charge < -0.3 is 10.6 Å². The molecular formula is C14H24N2. The summed E-state index contributed by atoms with van der Waals surface area (Å²) in [6.45, 7) is 9.83. The minimum atomic E-state index is 0.168. The van der Waals surface area contributed by atoms with Gasteiger partial charge in [0, 0.05) is 6.04 Å². The van der Waals surface area contributed by atoms with E-state index in [1.807, 2.05) is 0 Å². The minimum Gasteiger partial charge on any atom is -0.324 e. The van der Waals surface area contributed by atoms with Crippen molar-refractivity contribution in [3.8, 4) is 0 Å². The number of hydrogen-bond donors (Lipinski definition) is 1. The molecule has 2 heteroatoms. The Bertz CT molecular complexity index is 305. The van der Waals surface area contributed by atoms with Crippen LogP contribution in [-0.2, 0) is 0 Å². The average Bonchev–Trinajstić information content (AvgIpc) is 2.30. The lowest BCUT2D eigenvalue weighted by atomic mass is 9.99. The van der Waals surface area contributed by atoms with Gasteiger partial charge in [0.1, 0.15) is 0 Å². The molecule has 0 fully saturated rings. The zero-order valence-corrected chi connectivity index (χ0v) is 10.7. The van der Waals surface area contributed by atoms with Gasteiger partial charge in [-0.1, -0.05) is 38.1 Å². The highest BCUT2D eigenvalue weighted by Crippen LogP contribution is 2.18. The van der Waals surface area contributed by atoms with Crippen molar-refractivity contribution >= 4 is 0 Å². The summed E-state index contributed by atoms with van der Waals surface area (Å²) in [5.74, 6) is 0. The van der Waals surface area contributed by atoms with Crippen molar-refractivity contribution in [2.24, 2.45) is 5.73 Å². The fourth-order valence-corrected chi connectivity index (χ4v) is 2.02. The second-order valence-electron chi connectivity index (χ2n) is 4.28. The van der Waals surface area contributed by atoms with Crippen molar-refractivity contribution in [2.75, 3.05) is 19.6 Å². The van der Waals surface area contributed by atoms with Gasteiger partial charge in [-0.25, -0.2) is 0 Å².